The van der Waals surface area contributed by atoms with Crippen LogP contribution in [0.3, 0.4) is 0 Å². The van der Waals surface area contributed by atoms with E-state index in [-0.39, 0.29) is 17.5 Å². The third kappa shape index (κ3) is 4.23. The molecular weight excluding hydrogens is 227 g/mol. The molecule has 0 bridgehead atoms. The molecule has 0 saturated heterocycles. The van der Waals surface area contributed by atoms with Gasteiger partial charge in [0.05, 0.1) is 6.42 Å². The molecule has 0 saturated carbocycles. The Bertz CT molecular complexity index is 379. The van der Waals surface area contributed by atoms with Gasteiger partial charge in [-0.15, -0.1) is 0 Å². The zero-order chi connectivity index (χ0) is 12.1. The molecule has 2 nitrogen and oxygen atoms in total. The SMILES string of the molecule is Cc1cc(F)ccc1CSC(C)CC(=O)O. The molecule has 0 aliphatic heterocycles. The molecule has 0 aliphatic carbocycles. The highest BCUT2D eigenvalue weighted by Gasteiger charge is 2.09. The van der Waals surface area contributed by atoms with E-state index in [0.29, 0.717) is 0 Å². The third-order valence-corrected chi connectivity index (χ3v) is 3.50. The lowest BCUT2D eigenvalue weighted by molar-refractivity contribution is -0.136. The molecule has 0 heterocycles. The van der Waals surface area contributed by atoms with Crippen LogP contribution in [0.4, 0.5) is 4.39 Å². The molecule has 1 atom stereocenters. The Hall–Kier alpha value is -1.03. The van der Waals surface area contributed by atoms with Gasteiger partial charge in [-0.1, -0.05) is 13.0 Å². The highest BCUT2D eigenvalue weighted by molar-refractivity contribution is 7.99. The number of aliphatic carboxylic acids is 1. The summed E-state index contributed by atoms with van der Waals surface area (Å²) < 4.78 is 12.8. The molecule has 0 amide bonds. The number of rotatable bonds is 5. The van der Waals surface area contributed by atoms with Crippen molar-refractivity contribution < 1.29 is 14.3 Å². The van der Waals surface area contributed by atoms with Gasteiger partial charge < -0.3 is 5.11 Å². The molecule has 0 radical (unpaired) electrons. The Kier molecular flexibility index (Phi) is 4.80. The van der Waals surface area contributed by atoms with Gasteiger partial charge in [0, 0.05) is 11.0 Å². The molecule has 1 unspecified atom stereocenters. The third-order valence-electron chi connectivity index (χ3n) is 2.29. The number of halogens is 1. The molecule has 0 fully saturated rings. The predicted molar refractivity (Wildman–Crippen MR) is 64.1 cm³/mol. The highest BCUT2D eigenvalue weighted by atomic mass is 32.2. The molecular formula is C12H15FO2S. The monoisotopic (exact) mass is 242 g/mol. The molecule has 88 valence electrons. The van der Waals surface area contributed by atoms with Gasteiger partial charge in [-0.2, -0.15) is 11.8 Å². The van der Waals surface area contributed by atoms with Gasteiger partial charge in [0.15, 0.2) is 0 Å². The first kappa shape index (κ1) is 13.0. The van der Waals surface area contributed by atoms with Crippen LogP contribution in [0.2, 0.25) is 0 Å². The summed E-state index contributed by atoms with van der Waals surface area (Å²) in [6, 6.07) is 4.69. The van der Waals surface area contributed by atoms with Crippen molar-refractivity contribution in [3.8, 4) is 0 Å². The van der Waals surface area contributed by atoms with E-state index in [4.69, 9.17) is 5.11 Å². The van der Waals surface area contributed by atoms with Gasteiger partial charge in [0.1, 0.15) is 5.82 Å². The van der Waals surface area contributed by atoms with Crippen molar-refractivity contribution in [3.05, 3.63) is 35.1 Å². The van der Waals surface area contributed by atoms with Crippen molar-refractivity contribution >= 4 is 17.7 Å². The largest absolute Gasteiger partial charge is 0.481 e. The molecule has 0 aromatic heterocycles. The number of aryl methyl sites for hydroxylation is 1. The standard InChI is InChI=1S/C12H15FO2S/c1-8-5-11(13)4-3-10(8)7-16-9(2)6-12(14)15/h3-5,9H,6-7H2,1-2H3,(H,14,15). The second-order valence-corrected chi connectivity index (χ2v) is 5.22. The van der Waals surface area contributed by atoms with E-state index >= 15 is 0 Å². The molecule has 1 aromatic carbocycles. The molecule has 0 aliphatic rings. The summed E-state index contributed by atoms with van der Waals surface area (Å²) in [5, 5.41) is 8.68. The number of hydrogen-bond donors (Lipinski definition) is 1. The van der Waals surface area contributed by atoms with Gasteiger partial charge in [-0.25, -0.2) is 4.39 Å². The van der Waals surface area contributed by atoms with Crippen molar-refractivity contribution in [3.63, 3.8) is 0 Å². The second-order valence-electron chi connectivity index (χ2n) is 3.79. The number of benzene rings is 1. The van der Waals surface area contributed by atoms with E-state index < -0.39 is 5.97 Å². The first-order valence-electron chi connectivity index (χ1n) is 5.07. The number of carboxylic acid groups (broad SMARTS) is 1. The lowest BCUT2D eigenvalue weighted by atomic mass is 10.1. The van der Waals surface area contributed by atoms with Gasteiger partial charge in [0.25, 0.3) is 0 Å². The predicted octanol–water partition coefficient (Wildman–Crippen LogP) is 3.23. The van der Waals surface area contributed by atoms with Crippen LogP contribution in [0.1, 0.15) is 24.5 Å². The average molecular weight is 242 g/mol. The van der Waals surface area contributed by atoms with Crippen LogP contribution in [0.15, 0.2) is 18.2 Å². The zero-order valence-corrected chi connectivity index (χ0v) is 10.2. The lowest BCUT2D eigenvalue weighted by Crippen LogP contribution is -2.06. The van der Waals surface area contributed by atoms with E-state index in [0.717, 1.165) is 16.9 Å². The molecule has 1 aromatic rings. The smallest absolute Gasteiger partial charge is 0.304 e. The van der Waals surface area contributed by atoms with Gasteiger partial charge in [-0.3, -0.25) is 4.79 Å². The molecule has 16 heavy (non-hydrogen) atoms. The van der Waals surface area contributed by atoms with Gasteiger partial charge in [-0.05, 0) is 30.2 Å². The number of hydrogen-bond acceptors (Lipinski definition) is 2. The van der Waals surface area contributed by atoms with Crippen LogP contribution in [0, 0.1) is 12.7 Å². The van der Waals surface area contributed by atoms with Gasteiger partial charge in [0.2, 0.25) is 0 Å². The number of carboxylic acids is 1. The van der Waals surface area contributed by atoms with Crippen molar-refractivity contribution in [1.82, 2.24) is 0 Å². The van der Waals surface area contributed by atoms with E-state index in [9.17, 15) is 9.18 Å². The lowest BCUT2D eigenvalue weighted by Gasteiger charge is -2.10. The van der Waals surface area contributed by atoms with E-state index in [1.807, 2.05) is 13.8 Å². The fourth-order valence-corrected chi connectivity index (χ4v) is 2.41. The van der Waals surface area contributed by atoms with Crippen LogP contribution in [-0.4, -0.2) is 16.3 Å². The van der Waals surface area contributed by atoms with Gasteiger partial charge >= 0.3 is 5.97 Å². The Labute approximate surface area is 98.9 Å². The fraction of sp³-hybridized carbons (Fsp3) is 0.417. The molecule has 0 spiro atoms. The van der Waals surface area contributed by atoms with E-state index in [1.165, 1.54) is 12.1 Å². The molecule has 1 N–H and O–H groups in total. The summed E-state index contributed by atoms with van der Waals surface area (Å²) in [7, 11) is 0. The Morgan fingerprint density at radius 3 is 2.81 bits per heavy atom. The van der Waals surface area contributed by atoms with Crippen molar-refractivity contribution in [2.24, 2.45) is 0 Å². The topological polar surface area (TPSA) is 37.3 Å². The summed E-state index contributed by atoms with van der Waals surface area (Å²) >= 11 is 1.57. The maximum Gasteiger partial charge on any atom is 0.304 e. The van der Waals surface area contributed by atoms with Crippen LogP contribution < -0.4 is 0 Å². The van der Waals surface area contributed by atoms with Crippen LogP contribution in [-0.2, 0) is 10.5 Å². The highest BCUT2D eigenvalue weighted by Crippen LogP contribution is 2.22. The normalized spacial score (nSPS) is 12.4. The number of thioether (sulfide) groups is 1. The Balaban J connectivity index is 2.51. The first-order valence-corrected chi connectivity index (χ1v) is 6.12. The second kappa shape index (κ2) is 5.89. The molecule has 1 rings (SSSR count). The summed E-state index contributed by atoms with van der Waals surface area (Å²) in [5.74, 6) is -0.290. The number of carbonyl (C=O) groups is 1. The van der Waals surface area contributed by atoms with E-state index in [1.54, 1.807) is 17.8 Å². The first-order chi connectivity index (χ1) is 7.49. The fourth-order valence-electron chi connectivity index (χ4n) is 1.36. The maximum absolute atomic E-state index is 12.8. The van der Waals surface area contributed by atoms with Crippen molar-refractivity contribution in [2.75, 3.05) is 0 Å². The maximum atomic E-state index is 12.8. The van der Waals surface area contributed by atoms with E-state index in [2.05, 4.69) is 0 Å². The summed E-state index contributed by atoms with van der Waals surface area (Å²) in [5.41, 5.74) is 1.97. The quantitative estimate of drug-likeness (QED) is 0.861. The average Bonchev–Trinajstić information content (AvgIpc) is 2.15. The zero-order valence-electron chi connectivity index (χ0n) is 9.37. The minimum Gasteiger partial charge on any atom is -0.481 e. The van der Waals surface area contributed by atoms with Crippen molar-refractivity contribution in [1.29, 1.82) is 0 Å². The molecule has 4 heteroatoms. The Morgan fingerprint density at radius 1 is 1.56 bits per heavy atom. The van der Waals surface area contributed by atoms with Crippen molar-refractivity contribution in [2.45, 2.75) is 31.3 Å². The Morgan fingerprint density at radius 2 is 2.25 bits per heavy atom. The summed E-state index contributed by atoms with van der Waals surface area (Å²) in [6.07, 6.45) is 0.158. The summed E-state index contributed by atoms with van der Waals surface area (Å²) in [4.78, 5) is 10.5. The van der Waals surface area contributed by atoms with Crippen LogP contribution in [0.25, 0.3) is 0 Å². The van der Waals surface area contributed by atoms with Crippen LogP contribution >= 0.6 is 11.8 Å². The minimum atomic E-state index is -0.782. The van der Waals surface area contributed by atoms with Crippen LogP contribution in [0.5, 0.6) is 0 Å². The minimum absolute atomic E-state index is 0.0713. The summed E-state index contributed by atoms with van der Waals surface area (Å²) in [6.45, 7) is 3.75.